The highest BCUT2D eigenvalue weighted by Gasteiger charge is 2.44. The molecule has 1 N–H and O–H groups in total. The number of rotatable bonds is 3. The summed E-state index contributed by atoms with van der Waals surface area (Å²) in [5, 5.41) is 2.93. The average molecular weight is 322 g/mol. The SMILES string of the molecule is Cc1cccc([C@H]2CN(C)C(=O)[C@@H]2C(=O)Nc2ccccc2C)c1. The Balaban J connectivity index is 1.89. The fourth-order valence-electron chi connectivity index (χ4n) is 3.32. The van der Waals surface area contributed by atoms with E-state index in [4.69, 9.17) is 0 Å². The maximum absolute atomic E-state index is 12.8. The van der Waals surface area contributed by atoms with Crippen LogP contribution in [0.3, 0.4) is 0 Å². The summed E-state index contributed by atoms with van der Waals surface area (Å²) < 4.78 is 0. The van der Waals surface area contributed by atoms with Crippen LogP contribution in [0.2, 0.25) is 0 Å². The largest absolute Gasteiger partial charge is 0.344 e. The highest BCUT2D eigenvalue weighted by molar-refractivity contribution is 6.08. The lowest BCUT2D eigenvalue weighted by Crippen LogP contribution is -2.32. The van der Waals surface area contributed by atoms with E-state index in [1.165, 1.54) is 0 Å². The second-order valence-corrected chi connectivity index (χ2v) is 6.52. The lowest BCUT2D eigenvalue weighted by atomic mass is 9.87. The van der Waals surface area contributed by atoms with Gasteiger partial charge in [0.15, 0.2) is 0 Å². The van der Waals surface area contributed by atoms with Crippen molar-refractivity contribution in [2.75, 3.05) is 18.9 Å². The fraction of sp³-hybridized carbons (Fsp3) is 0.300. The molecular weight excluding hydrogens is 300 g/mol. The third kappa shape index (κ3) is 3.04. The van der Waals surface area contributed by atoms with Gasteiger partial charge >= 0.3 is 0 Å². The second-order valence-electron chi connectivity index (χ2n) is 6.52. The van der Waals surface area contributed by atoms with E-state index in [1.807, 2.05) is 56.3 Å². The number of likely N-dealkylation sites (tertiary alicyclic amines) is 1. The van der Waals surface area contributed by atoms with E-state index in [0.29, 0.717) is 6.54 Å². The van der Waals surface area contributed by atoms with E-state index in [2.05, 4.69) is 11.4 Å². The first-order valence-corrected chi connectivity index (χ1v) is 8.15. The normalized spacial score (nSPS) is 20.3. The minimum absolute atomic E-state index is 0.118. The van der Waals surface area contributed by atoms with Crippen LogP contribution in [0.15, 0.2) is 48.5 Å². The van der Waals surface area contributed by atoms with Gasteiger partial charge in [0.2, 0.25) is 11.8 Å². The molecule has 0 spiro atoms. The molecule has 2 atom stereocenters. The van der Waals surface area contributed by atoms with E-state index in [0.717, 1.165) is 22.4 Å². The summed E-state index contributed by atoms with van der Waals surface area (Å²) in [6.45, 7) is 4.52. The average Bonchev–Trinajstić information content (AvgIpc) is 2.85. The van der Waals surface area contributed by atoms with Crippen molar-refractivity contribution < 1.29 is 9.59 Å². The Morgan fingerprint density at radius 1 is 1.12 bits per heavy atom. The lowest BCUT2D eigenvalue weighted by Gasteiger charge is -2.18. The van der Waals surface area contributed by atoms with E-state index in [9.17, 15) is 9.59 Å². The second kappa shape index (κ2) is 6.48. The molecule has 0 bridgehead atoms. The Labute approximate surface area is 142 Å². The van der Waals surface area contributed by atoms with Crippen LogP contribution in [0.5, 0.6) is 0 Å². The molecule has 0 aromatic heterocycles. The molecule has 1 aliphatic rings. The maximum Gasteiger partial charge on any atom is 0.237 e. The van der Waals surface area contributed by atoms with Gasteiger partial charge in [0.25, 0.3) is 0 Å². The van der Waals surface area contributed by atoms with Gasteiger partial charge in [-0.2, -0.15) is 0 Å². The van der Waals surface area contributed by atoms with Crippen LogP contribution in [-0.2, 0) is 9.59 Å². The zero-order valence-corrected chi connectivity index (χ0v) is 14.2. The van der Waals surface area contributed by atoms with Crippen molar-refractivity contribution >= 4 is 17.5 Å². The number of carbonyl (C=O) groups is 2. The molecule has 124 valence electrons. The Morgan fingerprint density at radius 3 is 2.58 bits per heavy atom. The molecule has 2 amide bonds. The number of carbonyl (C=O) groups excluding carboxylic acids is 2. The minimum atomic E-state index is -0.684. The number of anilines is 1. The number of hydrogen-bond acceptors (Lipinski definition) is 2. The molecule has 1 saturated heterocycles. The highest BCUT2D eigenvalue weighted by Crippen LogP contribution is 2.34. The topological polar surface area (TPSA) is 49.4 Å². The standard InChI is InChI=1S/C20H22N2O2/c1-13-7-6-9-15(11-13)16-12-22(3)20(24)18(16)19(23)21-17-10-5-4-8-14(17)2/h4-11,16,18H,12H2,1-3H3,(H,21,23)/t16-,18+/m1/s1. The number of nitrogens with zero attached hydrogens (tertiary/aromatic N) is 1. The summed E-state index contributed by atoms with van der Waals surface area (Å²) in [5.41, 5.74) is 3.91. The zero-order chi connectivity index (χ0) is 17.3. The third-order valence-electron chi connectivity index (χ3n) is 4.67. The van der Waals surface area contributed by atoms with Gasteiger partial charge in [-0.15, -0.1) is 0 Å². The highest BCUT2D eigenvalue weighted by atomic mass is 16.2. The van der Waals surface area contributed by atoms with Crippen molar-refractivity contribution in [1.29, 1.82) is 0 Å². The van der Waals surface area contributed by atoms with Gasteiger partial charge in [-0.1, -0.05) is 48.0 Å². The Kier molecular flexibility index (Phi) is 4.38. The first-order chi connectivity index (χ1) is 11.5. The smallest absolute Gasteiger partial charge is 0.237 e. The molecule has 4 nitrogen and oxygen atoms in total. The van der Waals surface area contributed by atoms with Gasteiger partial charge in [-0.3, -0.25) is 9.59 Å². The summed E-state index contributed by atoms with van der Waals surface area (Å²) in [4.78, 5) is 27.0. The van der Waals surface area contributed by atoms with Gasteiger partial charge in [-0.05, 0) is 31.0 Å². The van der Waals surface area contributed by atoms with Crippen LogP contribution in [0.1, 0.15) is 22.6 Å². The van der Waals surface area contributed by atoms with Crippen LogP contribution in [0, 0.1) is 19.8 Å². The van der Waals surface area contributed by atoms with Crippen molar-refractivity contribution in [2.45, 2.75) is 19.8 Å². The third-order valence-corrected chi connectivity index (χ3v) is 4.67. The number of hydrogen-bond donors (Lipinski definition) is 1. The van der Waals surface area contributed by atoms with Gasteiger partial charge in [0, 0.05) is 25.2 Å². The summed E-state index contributed by atoms with van der Waals surface area (Å²) in [6, 6.07) is 15.7. The molecule has 1 heterocycles. The monoisotopic (exact) mass is 322 g/mol. The van der Waals surface area contributed by atoms with Gasteiger partial charge in [0.1, 0.15) is 5.92 Å². The molecule has 0 saturated carbocycles. The summed E-state index contributed by atoms with van der Waals surface area (Å²) in [6.07, 6.45) is 0. The van der Waals surface area contributed by atoms with Crippen LogP contribution < -0.4 is 5.32 Å². The molecule has 3 rings (SSSR count). The fourth-order valence-corrected chi connectivity index (χ4v) is 3.32. The molecule has 2 aromatic carbocycles. The van der Waals surface area contributed by atoms with Crippen molar-refractivity contribution in [1.82, 2.24) is 4.90 Å². The van der Waals surface area contributed by atoms with Crippen LogP contribution in [0.25, 0.3) is 0 Å². The van der Waals surface area contributed by atoms with Crippen LogP contribution >= 0.6 is 0 Å². The molecule has 1 fully saturated rings. The number of nitrogens with one attached hydrogen (secondary N) is 1. The maximum atomic E-state index is 12.8. The molecule has 0 radical (unpaired) electrons. The molecule has 0 unspecified atom stereocenters. The minimum Gasteiger partial charge on any atom is -0.344 e. The molecule has 1 aliphatic heterocycles. The Hall–Kier alpha value is -2.62. The summed E-state index contributed by atoms with van der Waals surface area (Å²) >= 11 is 0. The molecule has 2 aromatic rings. The van der Waals surface area contributed by atoms with Crippen LogP contribution in [0.4, 0.5) is 5.69 Å². The van der Waals surface area contributed by atoms with Crippen molar-refractivity contribution in [3.8, 4) is 0 Å². The number of aryl methyl sites for hydroxylation is 2. The Bertz CT molecular complexity index is 785. The quantitative estimate of drug-likeness (QED) is 0.883. The van der Waals surface area contributed by atoms with Crippen molar-refractivity contribution in [2.24, 2.45) is 5.92 Å². The lowest BCUT2D eigenvalue weighted by molar-refractivity contribution is -0.135. The van der Waals surface area contributed by atoms with Gasteiger partial charge in [-0.25, -0.2) is 0 Å². The number of para-hydroxylation sites is 1. The van der Waals surface area contributed by atoms with Crippen molar-refractivity contribution in [3.05, 3.63) is 65.2 Å². The number of amides is 2. The van der Waals surface area contributed by atoms with E-state index in [1.54, 1.807) is 11.9 Å². The van der Waals surface area contributed by atoms with E-state index in [-0.39, 0.29) is 17.7 Å². The molecule has 4 heteroatoms. The molecule has 0 aliphatic carbocycles. The van der Waals surface area contributed by atoms with Crippen molar-refractivity contribution in [3.63, 3.8) is 0 Å². The number of benzene rings is 2. The van der Waals surface area contributed by atoms with E-state index < -0.39 is 5.92 Å². The van der Waals surface area contributed by atoms with Gasteiger partial charge in [0.05, 0.1) is 0 Å². The summed E-state index contributed by atoms with van der Waals surface area (Å²) in [7, 11) is 1.76. The molecule has 24 heavy (non-hydrogen) atoms. The Morgan fingerprint density at radius 2 is 1.88 bits per heavy atom. The molecular formula is C20H22N2O2. The predicted molar refractivity (Wildman–Crippen MR) is 94.9 cm³/mol. The van der Waals surface area contributed by atoms with Crippen LogP contribution in [-0.4, -0.2) is 30.3 Å². The van der Waals surface area contributed by atoms with Gasteiger partial charge < -0.3 is 10.2 Å². The first kappa shape index (κ1) is 16.2. The van der Waals surface area contributed by atoms with E-state index >= 15 is 0 Å². The predicted octanol–water partition coefficient (Wildman–Crippen LogP) is 3.11. The number of likely N-dealkylation sites (N-methyl/N-ethyl adjacent to an activating group) is 1. The first-order valence-electron chi connectivity index (χ1n) is 8.15. The zero-order valence-electron chi connectivity index (χ0n) is 14.2. The summed E-state index contributed by atoms with van der Waals surface area (Å²) in [5.74, 6) is -1.15.